The number of nitrogens with zero attached hydrogens (tertiary/aromatic N) is 3. The first-order valence-electron chi connectivity index (χ1n) is 7.21. The Morgan fingerprint density at radius 2 is 2.13 bits per heavy atom. The summed E-state index contributed by atoms with van der Waals surface area (Å²) in [5, 5.41) is 7.42. The molecule has 120 valence electrons. The molecule has 0 radical (unpaired) electrons. The van der Waals surface area contributed by atoms with Crippen molar-refractivity contribution in [1.82, 2.24) is 20.1 Å². The lowest BCUT2D eigenvalue weighted by molar-refractivity contribution is 0.507. The number of oxazole rings is 1. The summed E-state index contributed by atoms with van der Waals surface area (Å²) in [7, 11) is 0. The normalized spacial score (nSPS) is 11.1. The van der Waals surface area contributed by atoms with Crippen LogP contribution in [0.3, 0.4) is 0 Å². The SMILES string of the molecule is Cc1cnn(CCNCc2coc(-c3ccc(F)c(F)c3)n2)c1. The van der Waals surface area contributed by atoms with E-state index in [0.29, 0.717) is 17.8 Å². The third kappa shape index (κ3) is 3.81. The summed E-state index contributed by atoms with van der Waals surface area (Å²) in [6.07, 6.45) is 5.28. The van der Waals surface area contributed by atoms with Crippen molar-refractivity contribution in [3.8, 4) is 11.5 Å². The lowest BCUT2D eigenvalue weighted by Gasteiger charge is -2.02. The van der Waals surface area contributed by atoms with Crippen LogP contribution >= 0.6 is 0 Å². The quantitative estimate of drug-likeness (QED) is 0.710. The second-order valence-corrected chi connectivity index (χ2v) is 5.23. The number of halogens is 2. The molecule has 0 fully saturated rings. The number of benzene rings is 1. The Hall–Kier alpha value is -2.54. The van der Waals surface area contributed by atoms with Crippen LogP contribution in [-0.4, -0.2) is 21.3 Å². The summed E-state index contributed by atoms with van der Waals surface area (Å²) in [4.78, 5) is 4.26. The van der Waals surface area contributed by atoms with Crippen molar-refractivity contribution in [2.45, 2.75) is 20.0 Å². The van der Waals surface area contributed by atoms with Gasteiger partial charge in [-0.2, -0.15) is 5.10 Å². The molecule has 0 saturated heterocycles. The van der Waals surface area contributed by atoms with Crippen molar-refractivity contribution in [1.29, 1.82) is 0 Å². The van der Waals surface area contributed by atoms with Crippen LogP contribution in [0.1, 0.15) is 11.3 Å². The minimum absolute atomic E-state index is 0.267. The lowest BCUT2D eigenvalue weighted by Crippen LogP contribution is -2.19. The number of hydrogen-bond acceptors (Lipinski definition) is 4. The minimum Gasteiger partial charge on any atom is -0.444 e. The van der Waals surface area contributed by atoms with E-state index in [1.165, 1.54) is 12.3 Å². The Morgan fingerprint density at radius 1 is 1.26 bits per heavy atom. The van der Waals surface area contributed by atoms with E-state index in [9.17, 15) is 8.78 Å². The molecule has 0 aliphatic heterocycles. The van der Waals surface area contributed by atoms with Crippen LogP contribution in [0.4, 0.5) is 8.78 Å². The molecule has 3 rings (SSSR count). The van der Waals surface area contributed by atoms with Gasteiger partial charge < -0.3 is 9.73 Å². The summed E-state index contributed by atoms with van der Waals surface area (Å²) >= 11 is 0. The van der Waals surface area contributed by atoms with Gasteiger partial charge in [-0.1, -0.05) is 0 Å². The summed E-state index contributed by atoms with van der Waals surface area (Å²) in [6.45, 7) is 4.00. The lowest BCUT2D eigenvalue weighted by atomic mass is 10.2. The number of nitrogens with one attached hydrogen (secondary N) is 1. The largest absolute Gasteiger partial charge is 0.444 e. The molecule has 2 aromatic heterocycles. The van der Waals surface area contributed by atoms with Crippen LogP contribution in [0, 0.1) is 18.6 Å². The molecule has 0 saturated carbocycles. The van der Waals surface area contributed by atoms with E-state index in [2.05, 4.69) is 15.4 Å². The van der Waals surface area contributed by atoms with Gasteiger partial charge in [0.1, 0.15) is 6.26 Å². The molecule has 0 spiro atoms. The molecule has 7 heteroatoms. The van der Waals surface area contributed by atoms with Gasteiger partial charge in [-0.05, 0) is 30.7 Å². The average molecular weight is 318 g/mol. The second kappa shape index (κ2) is 6.70. The highest BCUT2D eigenvalue weighted by Crippen LogP contribution is 2.20. The van der Waals surface area contributed by atoms with E-state index in [4.69, 9.17) is 4.42 Å². The number of aryl methyl sites for hydroxylation is 1. The molecular formula is C16H16F2N4O. The number of rotatable bonds is 6. The maximum atomic E-state index is 13.2. The van der Waals surface area contributed by atoms with Gasteiger partial charge >= 0.3 is 0 Å². The predicted molar refractivity (Wildman–Crippen MR) is 80.5 cm³/mol. The highest BCUT2D eigenvalue weighted by molar-refractivity contribution is 5.53. The molecule has 2 heterocycles. The van der Waals surface area contributed by atoms with Crippen molar-refractivity contribution < 1.29 is 13.2 Å². The van der Waals surface area contributed by atoms with Crippen molar-refractivity contribution in [3.05, 3.63) is 59.7 Å². The van der Waals surface area contributed by atoms with E-state index in [1.54, 1.807) is 0 Å². The van der Waals surface area contributed by atoms with E-state index in [0.717, 1.165) is 30.8 Å². The summed E-state index contributed by atoms with van der Waals surface area (Å²) in [5.74, 6) is -1.55. The van der Waals surface area contributed by atoms with Gasteiger partial charge in [0.2, 0.25) is 5.89 Å². The molecule has 1 aromatic carbocycles. The van der Waals surface area contributed by atoms with Gasteiger partial charge in [-0.15, -0.1) is 0 Å². The van der Waals surface area contributed by atoms with Crippen LogP contribution in [0.5, 0.6) is 0 Å². The van der Waals surface area contributed by atoms with Crippen molar-refractivity contribution in [2.75, 3.05) is 6.54 Å². The second-order valence-electron chi connectivity index (χ2n) is 5.23. The van der Waals surface area contributed by atoms with Crippen molar-refractivity contribution in [2.24, 2.45) is 0 Å². The molecular weight excluding hydrogens is 302 g/mol. The maximum Gasteiger partial charge on any atom is 0.226 e. The van der Waals surface area contributed by atoms with Gasteiger partial charge in [0.05, 0.1) is 18.4 Å². The van der Waals surface area contributed by atoms with E-state index >= 15 is 0 Å². The molecule has 1 N–H and O–H groups in total. The Balaban J connectivity index is 1.53. The Labute approximate surface area is 132 Å². The Morgan fingerprint density at radius 3 is 2.87 bits per heavy atom. The molecule has 0 aliphatic carbocycles. The zero-order valence-corrected chi connectivity index (χ0v) is 12.6. The van der Waals surface area contributed by atoms with E-state index in [-0.39, 0.29) is 5.89 Å². The zero-order valence-electron chi connectivity index (χ0n) is 12.6. The first-order valence-corrected chi connectivity index (χ1v) is 7.21. The predicted octanol–water partition coefficient (Wildman–Crippen LogP) is 2.91. The van der Waals surface area contributed by atoms with Crippen LogP contribution in [0.15, 0.2) is 41.3 Å². The minimum atomic E-state index is -0.921. The molecule has 0 amide bonds. The van der Waals surface area contributed by atoms with Gasteiger partial charge in [-0.25, -0.2) is 13.8 Å². The van der Waals surface area contributed by atoms with Crippen molar-refractivity contribution >= 4 is 0 Å². The molecule has 5 nitrogen and oxygen atoms in total. The highest BCUT2D eigenvalue weighted by Gasteiger charge is 2.10. The Bertz CT molecular complexity index is 797. The molecule has 0 atom stereocenters. The standard InChI is InChI=1S/C16H16F2N4O/c1-11-7-20-22(9-11)5-4-19-8-13-10-23-16(21-13)12-2-3-14(17)15(18)6-12/h2-3,6-7,9-10,19H,4-5,8H2,1H3. The monoisotopic (exact) mass is 318 g/mol. The molecule has 0 aliphatic rings. The first-order chi connectivity index (χ1) is 11.1. The molecule has 3 aromatic rings. The fraction of sp³-hybridized carbons (Fsp3) is 0.250. The maximum absolute atomic E-state index is 13.2. The van der Waals surface area contributed by atoms with Crippen LogP contribution in [-0.2, 0) is 13.1 Å². The average Bonchev–Trinajstić information content (AvgIpc) is 3.16. The van der Waals surface area contributed by atoms with Crippen LogP contribution in [0.25, 0.3) is 11.5 Å². The highest BCUT2D eigenvalue weighted by atomic mass is 19.2. The van der Waals surface area contributed by atoms with Gasteiger partial charge in [0, 0.05) is 24.8 Å². The van der Waals surface area contributed by atoms with Gasteiger partial charge in [0.15, 0.2) is 11.6 Å². The fourth-order valence-corrected chi connectivity index (χ4v) is 2.15. The van der Waals surface area contributed by atoms with Crippen LogP contribution < -0.4 is 5.32 Å². The molecule has 23 heavy (non-hydrogen) atoms. The summed E-state index contributed by atoms with van der Waals surface area (Å²) in [5.41, 5.74) is 2.22. The van der Waals surface area contributed by atoms with Gasteiger partial charge in [-0.3, -0.25) is 4.68 Å². The molecule has 0 bridgehead atoms. The Kier molecular flexibility index (Phi) is 4.47. The summed E-state index contributed by atoms with van der Waals surface area (Å²) < 4.78 is 33.3. The molecule has 0 unspecified atom stereocenters. The van der Waals surface area contributed by atoms with Crippen molar-refractivity contribution in [3.63, 3.8) is 0 Å². The smallest absolute Gasteiger partial charge is 0.226 e. The summed E-state index contributed by atoms with van der Waals surface area (Å²) in [6, 6.07) is 3.55. The van der Waals surface area contributed by atoms with E-state index < -0.39 is 11.6 Å². The third-order valence-electron chi connectivity index (χ3n) is 3.30. The van der Waals surface area contributed by atoms with Crippen LogP contribution in [0.2, 0.25) is 0 Å². The zero-order chi connectivity index (χ0) is 16.2. The van der Waals surface area contributed by atoms with Gasteiger partial charge in [0.25, 0.3) is 0 Å². The number of hydrogen-bond donors (Lipinski definition) is 1. The fourth-order valence-electron chi connectivity index (χ4n) is 2.15. The first kappa shape index (κ1) is 15.4. The topological polar surface area (TPSA) is 55.9 Å². The third-order valence-corrected chi connectivity index (χ3v) is 3.30. The van der Waals surface area contributed by atoms with E-state index in [1.807, 2.05) is 24.0 Å². The number of aromatic nitrogens is 3.